The van der Waals surface area contributed by atoms with Crippen LogP contribution in [0.4, 0.5) is 8.78 Å². The van der Waals surface area contributed by atoms with E-state index in [1.807, 2.05) is 24.3 Å². The molecule has 2 aromatic heterocycles. The Kier molecular flexibility index (Phi) is 7.05. The number of ketones is 1. The second-order valence-electron chi connectivity index (χ2n) is 9.35. The summed E-state index contributed by atoms with van der Waals surface area (Å²) in [5.41, 5.74) is 5.45. The van der Waals surface area contributed by atoms with Crippen LogP contribution in [0.2, 0.25) is 0 Å². The largest absolute Gasteiger partial charge is 0.508 e. The van der Waals surface area contributed by atoms with Gasteiger partial charge in [0.05, 0.1) is 5.69 Å². The van der Waals surface area contributed by atoms with Crippen molar-refractivity contribution in [1.82, 2.24) is 9.97 Å². The zero-order chi connectivity index (χ0) is 26.6. The summed E-state index contributed by atoms with van der Waals surface area (Å²) < 4.78 is 28.1. The van der Waals surface area contributed by atoms with Gasteiger partial charge in [0.25, 0.3) is 0 Å². The van der Waals surface area contributed by atoms with Crippen molar-refractivity contribution in [3.8, 4) is 22.9 Å². The number of phenols is 1. The number of carbonyl (C=O) groups is 1. The summed E-state index contributed by atoms with van der Waals surface area (Å²) in [6, 6.07) is 17.5. The zero-order valence-electron chi connectivity index (χ0n) is 20.4. The summed E-state index contributed by atoms with van der Waals surface area (Å²) in [7, 11) is 0. The maximum Gasteiger partial charge on any atom is 0.141 e. The molecule has 2 aromatic carbocycles. The number of nitriles is 1. The molecule has 0 saturated heterocycles. The second-order valence-corrected chi connectivity index (χ2v) is 9.35. The van der Waals surface area contributed by atoms with E-state index in [0.717, 1.165) is 28.3 Å². The van der Waals surface area contributed by atoms with Gasteiger partial charge in [-0.3, -0.25) is 9.78 Å². The van der Waals surface area contributed by atoms with Gasteiger partial charge in [-0.2, -0.15) is 5.26 Å². The number of benzene rings is 2. The number of aromatic hydroxyl groups is 1. The Morgan fingerprint density at radius 3 is 2.61 bits per heavy atom. The first kappa shape index (κ1) is 25.0. The number of pyridine rings is 2. The molecule has 4 aromatic rings. The van der Waals surface area contributed by atoms with Crippen LogP contribution in [0.5, 0.6) is 5.75 Å². The van der Waals surface area contributed by atoms with Crippen LogP contribution < -0.4 is 0 Å². The first-order valence-corrected chi connectivity index (χ1v) is 12.2. The van der Waals surface area contributed by atoms with E-state index in [1.54, 1.807) is 36.5 Å². The van der Waals surface area contributed by atoms with Gasteiger partial charge in [0, 0.05) is 42.8 Å². The van der Waals surface area contributed by atoms with Crippen LogP contribution in [0, 0.1) is 23.0 Å². The zero-order valence-corrected chi connectivity index (χ0v) is 20.4. The molecule has 0 aliphatic heterocycles. The highest BCUT2D eigenvalue weighted by atomic mass is 19.1. The number of nitrogens with zero attached hydrogens (tertiary/aromatic N) is 3. The summed E-state index contributed by atoms with van der Waals surface area (Å²) in [5, 5.41) is 19.2. The maximum absolute atomic E-state index is 14.0. The van der Waals surface area contributed by atoms with Gasteiger partial charge in [0.1, 0.15) is 34.9 Å². The van der Waals surface area contributed by atoms with Crippen molar-refractivity contribution in [2.75, 3.05) is 0 Å². The number of phenolic OH excluding ortho intramolecular Hbond substituents is 1. The quantitative estimate of drug-likeness (QED) is 0.302. The molecule has 1 aliphatic rings. The molecule has 2 heterocycles. The molecule has 38 heavy (non-hydrogen) atoms. The van der Waals surface area contributed by atoms with Crippen molar-refractivity contribution in [3.05, 3.63) is 119 Å². The van der Waals surface area contributed by atoms with Crippen LogP contribution in [-0.4, -0.2) is 20.9 Å². The number of hydrogen-bond acceptors (Lipinski definition) is 5. The van der Waals surface area contributed by atoms with Gasteiger partial charge in [-0.1, -0.05) is 18.2 Å². The summed E-state index contributed by atoms with van der Waals surface area (Å²) in [5.74, 6) is -1.77. The lowest BCUT2D eigenvalue weighted by Gasteiger charge is -2.20. The average molecular weight is 508 g/mol. The molecule has 0 fully saturated rings. The standard InChI is InChI=1S/C31H23F2N3O2/c32-24-11-19(12-25(33)16-24)10-23(15-28(38)14-21-4-3-20-5-6-27(37)17-30(20)21)31-29(2-1-8-36-31)22-7-9-35-26(13-22)18-34/h1-2,4-9,11-13,16-17,23,37H,3,10,14-15H2/t23-/m1/s1. The highest BCUT2D eigenvalue weighted by molar-refractivity contribution is 5.92. The fourth-order valence-corrected chi connectivity index (χ4v) is 5.04. The number of hydrogen-bond donors (Lipinski definition) is 1. The van der Waals surface area contributed by atoms with Gasteiger partial charge in [0.2, 0.25) is 0 Å². The molecule has 0 saturated carbocycles. The number of fused-ring (bicyclic) bond motifs is 1. The highest BCUT2D eigenvalue weighted by Gasteiger charge is 2.24. The number of halogens is 2. The van der Waals surface area contributed by atoms with Crippen LogP contribution in [-0.2, 0) is 17.6 Å². The van der Waals surface area contributed by atoms with Crippen molar-refractivity contribution >= 4 is 11.4 Å². The lowest BCUT2D eigenvalue weighted by molar-refractivity contribution is -0.118. The number of Topliss-reactive ketones (excluding diaryl/α,β-unsaturated/α-hetero) is 1. The molecule has 0 radical (unpaired) electrons. The highest BCUT2D eigenvalue weighted by Crippen LogP contribution is 2.36. The topological polar surface area (TPSA) is 86.9 Å². The van der Waals surface area contributed by atoms with Crippen LogP contribution in [0.3, 0.4) is 0 Å². The Labute approximate surface area is 218 Å². The van der Waals surface area contributed by atoms with Gasteiger partial charge in [-0.25, -0.2) is 13.8 Å². The lowest BCUT2D eigenvalue weighted by atomic mass is 9.85. The van der Waals surface area contributed by atoms with E-state index < -0.39 is 17.6 Å². The SMILES string of the molecule is N#Cc1cc(-c2cccnc2[C@@H](CC(=O)CC2=CCc3ccc(O)cc32)Cc2cc(F)cc(F)c2)ccn1. The first-order chi connectivity index (χ1) is 18.4. The number of aromatic nitrogens is 2. The Morgan fingerprint density at radius 2 is 1.82 bits per heavy atom. The maximum atomic E-state index is 14.0. The Morgan fingerprint density at radius 1 is 1.00 bits per heavy atom. The first-order valence-electron chi connectivity index (χ1n) is 12.2. The average Bonchev–Trinajstić information content (AvgIpc) is 3.29. The third kappa shape index (κ3) is 5.50. The van der Waals surface area contributed by atoms with E-state index in [4.69, 9.17) is 0 Å². The molecule has 0 unspecified atom stereocenters. The van der Waals surface area contributed by atoms with Crippen molar-refractivity contribution in [1.29, 1.82) is 5.26 Å². The lowest BCUT2D eigenvalue weighted by Crippen LogP contribution is -2.13. The van der Waals surface area contributed by atoms with Crippen LogP contribution in [0.25, 0.3) is 16.7 Å². The van der Waals surface area contributed by atoms with E-state index in [9.17, 15) is 23.9 Å². The molecular weight excluding hydrogens is 484 g/mol. The molecule has 1 atom stereocenters. The van der Waals surface area contributed by atoms with Gasteiger partial charge in [-0.15, -0.1) is 0 Å². The van der Waals surface area contributed by atoms with Crippen LogP contribution in [0.15, 0.2) is 79.1 Å². The summed E-state index contributed by atoms with van der Waals surface area (Å²) in [4.78, 5) is 22.0. The molecule has 5 nitrogen and oxygen atoms in total. The summed E-state index contributed by atoms with van der Waals surface area (Å²) in [6.07, 6.45) is 6.28. The van der Waals surface area contributed by atoms with Crippen LogP contribution >= 0.6 is 0 Å². The Hall–Kier alpha value is -4.70. The predicted octanol–water partition coefficient (Wildman–Crippen LogP) is 6.31. The molecule has 0 bridgehead atoms. The minimum Gasteiger partial charge on any atom is -0.508 e. The predicted molar refractivity (Wildman–Crippen MR) is 139 cm³/mol. The van der Waals surface area contributed by atoms with E-state index >= 15 is 0 Å². The summed E-state index contributed by atoms with van der Waals surface area (Å²) >= 11 is 0. The molecule has 1 aliphatic carbocycles. The molecule has 7 heteroatoms. The van der Waals surface area contributed by atoms with Crippen molar-refractivity contribution in [2.24, 2.45) is 0 Å². The number of allylic oxidation sites excluding steroid dienone is 2. The van der Waals surface area contributed by atoms with Gasteiger partial charge in [-0.05, 0) is 83.1 Å². The molecule has 0 spiro atoms. The minimum atomic E-state index is -0.688. The van der Waals surface area contributed by atoms with Gasteiger partial charge in [0.15, 0.2) is 0 Å². The van der Waals surface area contributed by atoms with E-state index in [0.29, 0.717) is 23.2 Å². The summed E-state index contributed by atoms with van der Waals surface area (Å²) in [6.45, 7) is 0. The van der Waals surface area contributed by atoms with Gasteiger partial charge >= 0.3 is 0 Å². The van der Waals surface area contributed by atoms with E-state index in [2.05, 4.69) is 9.97 Å². The monoisotopic (exact) mass is 507 g/mol. The smallest absolute Gasteiger partial charge is 0.141 e. The number of carbonyl (C=O) groups excluding carboxylic acids is 1. The van der Waals surface area contributed by atoms with Crippen molar-refractivity contribution < 1.29 is 18.7 Å². The van der Waals surface area contributed by atoms with E-state index in [1.165, 1.54) is 18.3 Å². The van der Waals surface area contributed by atoms with Crippen molar-refractivity contribution in [3.63, 3.8) is 0 Å². The third-order valence-electron chi connectivity index (χ3n) is 6.68. The van der Waals surface area contributed by atoms with Crippen molar-refractivity contribution in [2.45, 2.75) is 31.6 Å². The van der Waals surface area contributed by atoms with Gasteiger partial charge < -0.3 is 5.11 Å². The molecule has 0 amide bonds. The molecule has 5 rings (SSSR count). The molecule has 1 N–H and O–H groups in total. The minimum absolute atomic E-state index is 0.0571. The fraction of sp³-hybridized carbons (Fsp3) is 0.161. The fourth-order valence-electron chi connectivity index (χ4n) is 5.04. The normalized spacial score (nSPS) is 12.9. The Balaban J connectivity index is 1.48. The number of rotatable bonds is 8. The van der Waals surface area contributed by atoms with E-state index in [-0.39, 0.29) is 36.5 Å². The second kappa shape index (κ2) is 10.7. The molecular formula is C31H23F2N3O2. The third-order valence-corrected chi connectivity index (χ3v) is 6.68. The van der Waals surface area contributed by atoms with Crippen LogP contribution in [0.1, 0.15) is 46.8 Å². The molecule has 188 valence electrons. The Bertz CT molecular complexity index is 1590.